The van der Waals surface area contributed by atoms with Gasteiger partial charge >= 0.3 is 11.9 Å². The van der Waals surface area contributed by atoms with Gasteiger partial charge in [-0.3, -0.25) is 9.59 Å². The van der Waals surface area contributed by atoms with Crippen molar-refractivity contribution in [2.45, 2.75) is 0 Å². The van der Waals surface area contributed by atoms with Gasteiger partial charge in [0.2, 0.25) is 0 Å². The molecule has 0 aliphatic carbocycles. The summed E-state index contributed by atoms with van der Waals surface area (Å²) < 4.78 is 1.80. The Morgan fingerprint density at radius 3 is 1.80 bits per heavy atom. The minimum atomic E-state index is -0.955. The number of hydrogen-bond donors (Lipinski definition) is 4. The second-order valence-electron chi connectivity index (χ2n) is 5.35. The number of carbonyl (C=O) groups is 2. The molecule has 0 unspecified atom stereocenters. The van der Waals surface area contributed by atoms with Crippen LogP contribution >= 0.6 is 22.7 Å². The second-order valence-corrected chi connectivity index (χ2v) is 7.41. The Bertz CT molecular complexity index is 894. The molecular formula is C14H15N5O4S2. The first kappa shape index (κ1) is 17.2. The summed E-state index contributed by atoms with van der Waals surface area (Å²) in [5, 5.41) is 24.2. The number of benzene rings is 1. The van der Waals surface area contributed by atoms with Crippen molar-refractivity contribution in [3.63, 3.8) is 0 Å². The lowest BCUT2D eigenvalue weighted by Gasteiger charge is -2.13. The quantitative estimate of drug-likeness (QED) is 0.485. The molecule has 4 N–H and O–H groups in total. The zero-order valence-corrected chi connectivity index (χ0v) is 15.0. The van der Waals surface area contributed by atoms with Gasteiger partial charge in [-0.05, 0) is 6.07 Å². The van der Waals surface area contributed by atoms with Gasteiger partial charge in [-0.15, -0.1) is 0 Å². The third-order valence-corrected chi connectivity index (χ3v) is 5.17. The highest BCUT2D eigenvalue weighted by Crippen LogP contribution is 2.41. The lowest BCUT2D eigenvalue weighted by atomic mass is 10.2. The topological polar surface area (TPSA) is 128 Å². The van der Waals surface area contributed by atoms with E-state index in [0.29, 0.717) is 10.3 Å². The van der Waals surface area contributed by atoms with Gasteiger partial charge in [0.25, 0.3) is 0 Å². The highest BCUT2D eigenvalue weighted by Gasteiger charge is 2.18. The van der Waals surface area contributed by atoms with E-state index in [-0.39, 0.29) is 13.1 Å². The van der Waals surface area contributed by atoms with Crippen LogP contribution < -0.4 is 15.5 Å². The Labute approximate surface area is 149 Å². The van der Waals surface area contributed by atoms with Crippen molar-refractivity contribution in [3.8, 4) is 0 Å². The van der Waals surface area contributed by atoms with Crippen molar-refractivity contribution in [1.29, 1.82) is 0 Å². The number of carboxylic acid groups (broad SMARTS) is 2. The average molecular weight is 381 g/mol. The van der Waals surface area contributed by atoms with Gasteiger partial charge in [0.05, 0.1) is 15.1 Å². The maximum absolute atomic E-state index is 10.7. The normalized spacial score (nSPS) is 11.0. The molecule has 0 saturated carbocycles. The summed E-state index contributed by atoms with van der Waals surface area (Å²) in [6.07, 6.45) is 0. The van der Waals surface area contributed by atoms with E-state index in [0.717, 1.165) is 26.1 Å². The van der Waals surface area contributed by atoms with Gasteiger partial charge in [-0.2, -0.15) is 0 Å². The predicted octanol–water partition coefficient (Wildman–Crippen LogP) is 1.96. The summed E-state index contributed by atoms with van der Waals surface area (Å²) in [6, 6.07) is 1.94. The summed E-state index contributed by atoms with van der Waals surface area (Å²) in [7, 11) is 3.75. The summed E-state index contributed by atoms with van der Waals surface area (Å²) in [5.74, 6) is -1.91. The van der Waals surface area contributed by atoms with Gasteiger partial charge < -0.3 is 25.7 Å². The molecule has 1 aromatic carbocycles. The van der Waals surface area contributed by atoms with Gasteiger partial charge in [0.15, 0.2) is 10.3 Å². The molecule has 9 nitrogen and oxygen atoms in total. The first-order valence-electron chi connectivity index (χ1n) is 7.18. The number of thiazole rings is 2. The fourth-order valence-electron chi connectivity index (χ4n) is 2.31. The molecule has 0 atom stereocenters. The maximum Gasteiger partial charge on any atom is 0.322 e. The van der Waals surface area contributed by atoms with Crippen LogP contribution in [0.2, 0.25) is 0 Å². The lowest BCUT2D eigenvalue weighted by Crippen LogP contribution is -2.12. The lowest BCUT2D eigenvalue weighted by molar-refractivity contribution is -0.135. The molecule has 132 valence electrons. The molecule has 2 heterocycles. The van der Waals surface area contributed by atoms with Crippen molar-refractivity contribution in [2.75, 3.05) is 42.7 Å². The average Bonchev–Trinajstić information content (AvgIpc) is 3.10. The molecular weight excluding hydrogens is 366 g/mol. The number of nitrogens with one attached hydrogen (secondary N) is 2. The molecule has 0 bridgehead atoms. The van der Waals surface area contributed by atoms with Gasteiger partial charge in [-0.1, -0.05) is 22.7 Å². The van der Waals surface area contributed by atoms with E-state index in [9.17, 15) is 9.59 Å². The number of hydrogen-bond acceptors (Lipinski definition) is 9. The largest absolute Gasteiger partial charge is 0.480 e. The fraction of sp³-hybridized carbons (Fsp3) is 0.286. The van der Waals surface area contributed by atoms with Crippen molar-refractivity contribution >= 4 is 71.0 Å². The highest BCUT2D eigenvalue weighted by molar-refractivity contribution is 7.24. The van der Waals surface area contributed by atoms with E-state index in [1.807, 2.05) is 25.1 Å². The minimum absolute atomic E-state index is 0.201. The van der Waals surface area contributed by atoms with Crippen molar-refractivity contribution in [1.82, 2.24) is 9.97 Å². The van der Waals surface area contributed by atoms with Gasteiger partial charge in [0.1, 0.15) is 24.1 Å². The third kappa shape index (κ3) is 3.56. The summed E-state index contributed by atoms with van der Waals surface area (Å²) in [5.41, 5.74) is 2.27. The first-order chi connectivity index (χ1) is 11.8. The molecule has 25 heavy (non-hydrogen) atoms. The number of rotatable bonds is 7. The van der Waals surface area contributed by atoms with Crippen molar-refractivity contribution in [2.24, 2.45) is 0 Å². The Hall–Kier alpha value is -2.66. The molecule has 0 aliphatic heterocycles. The Morgan fingerprint density at radius 2 is 1.44 bits per heavy atom. The molecule has 0 fully saturated rings. The van der Waals surface area contributed by atoms with Crippen LogP contribution in [0.15, 0.2) is 6.07 Å². The summed E-state index contributed by atoms with van der Waals surface area (Å²) >= 11 is 2.73. The van der Waals surface area contributed by atoms with Gasteiger partial charge in [0, 0.05) is 14.1 Å². The van der Waals surface area contributed by atoms with E-state index in [2.05, 4.69) is 20.6 Å². The number of aliphatic carboxylic acids is 2. The molecule has 11 heteroatoms. The van der Waals surface area contributed by atoms with Crippen molar-refractivity contribution < 1.29 is 19.8 Å². The first-order valence-corrected chi connectivity index (χ1v) is 8.81. The highest BCUT2D eigenvalue weighted by atomic mass is 32.1. The molecule has 0 aliphatic rings. The van der Waals surface area contributed by atoms with Crippen LogP contribution in [-0.4, -0.2) is 59.3 Å². The van der Waals surface area contributed by atoms with Crippen molar-refractivity contribution in [3.05, 3.63) is 6.07 Å². The van der Waals surface area contributed by atoms with Crippen LogP contribution in [0.4, 0.5) is 16.0 Å². The molecule has 0 saturated heterocycles. The molecule has 2 aromatic heterocycles. The third-order valence-electron chi connectivity index (χ3n) is 3.25. The number of aromatic nitrogens is 2. The van der Waals surface area contributed by atoms with E-state index < -0.39 is 11.9 Å². The van der Waals surface area contributed by atoms with E-state index in [1.54, 1.807) is 0 Å². The van der Waals surface area contributed by atoms with Gasteiger partial charge in [-0.25, -0.2) is 9.97 Å². The number of anilines is 3. The van der Waals surface area contributed by atoms with Crippen LogP contribution in [0, 0.1) is 0 Å². The predicted molar refractivity (Wildman–Crippen MR) is 99.4 cm³/mol. The zero-order valence-electron chi connectivity index (χ0n) is 13.4. The maximum atomic E-state index is 10.7. The SMILES string of the molecule is CN(C)c1c2nc(NCC(=O)O)sc2cc2sc(NCC(=O)O)nc12. The van der Waals surface area contributed by atoms with E-state index in [4.69, 9.17) is 10.2 Å². The number of nitrogens with zero attached hydrogens (tertiary/aromatic N) is 3. The van der Waals surface area contributed by atoms with Crippen LogP contribution in [0.1, 0.15) is 0 Å². The molecule has 0 spiro atoms. The summed E-state index contributed by atoms with van der Waals surface area (Å²) in [6.45, 7) is -0.403. The number of fused-ring (bicyclic) bond motifs is 2. The Kier molecular flexibility index (Phi) is 4.59. The van der Waals surface area contributed by atoms with E-state index in [1.165, 1.54) is 22.7 Å². The minimum Gasteiger partial charge on any atom is -0.480 e. The zero-order chi connectivity index (χ0) is 18.1. The standard InChI is InChI=1S/C14H15N5O4S2/c1-19(2)12-10-6(24-13(17-10)15-4-8(20)21)3-7-11(12)18-14(25-7)16-5-9(22)23/h3H,4-5H2,1-2H3,(H,15,17)(H,16,18)(H,20,21)(H,22,23). The Balaban J connectivity index is 2.07. The summed E-state index contributed by atoms with van der Waals surface area (Å²) in [4.78, 5) is 32.3. The second kappa shape index (κ2) is 6.69. The molecule has 0 radical (unpaired) electrons. The van der Waals surface area contributed by atoms with Crippen LogP contribution in [-0.2, 0) is 9.59 Å². The molecule has 0 amide bonds. The smallest absolute Gasteiger partial charge is 0.322 e. The van der Waals surface area contributed by atoms with E-state index >= 15 is 0 Å². The molecule has 3 aromatic rings. The molecule has 3 rings (SSSR count). The van der Waals surface area contributed by atoms with Crippen LogP contribution in [0.3, 0.4) is 0 Å². The monoisotopic (exact) mass is 381 g/mol. The van der Waals surface area contributed by atoms with Crippen LogP contribution in [0.5, 0.6) is 0 Å². The number of carboxylic acids is 2. The Morgan fingerprint density at radius 1 is 1.00 bits per heavy atom. The fourth-order valence-corrected chi connectivity index (χ4v) is 4.19. The van der Waals surface area contributed by atoms with Crippen LogP contribution in [0.25, 0.3) is 20.4 Å².